The largest absolute Gasteiger partial charge is 0.460 e. The number of aryl methyl sites for hydroxylation is 2. The van der Waals surface area contributed by atoms with Gasteiger partial charge in [-0.05, 0) is 119 Å². The summed E-state index contributed by atoms with van der Waals surface area (Å²) in [5.41, 5.74) is 17.1. The number of aliphatic hydroxyl groups excluding tert-OH is 1. The number of anilines is 1. The van der Waals surface area contributed by atoms with Crippen LogP contribution in [0.3, 0.4) is 0 Å². The normalized spacial score (nSPS) is 19.9. The minimum Gasteiger partial charge on any atom is -0.460 e. The van der Waals surface area contributed by atoms with E-state index in [2.05, 4.69) is 67.0 Å². The van der Waals surface area contributed by atoms with E-state index in [9.17, 15) is 14.7 Å². The average molecular weight is 1150 g/mol. The van der Waals surface area contributed by atoms with Crippen LogP contribution < -0.4 is 20.7 Å². The molecular formula is C63H72Cl2N12O5. The number of nitrogens with zero attached hydrogens (tertiary/aromatic N) is 9. The standard InChI is InChI=1S/C61H66Cl2N12O5.C2H6/c1-35(2)57(60(78)74-26-4-6-52(74)59(77)67-51(34-76)41-16-12-37(13-17-41)38-19-23-65-24-20-38)75-33-50(71-72-75)40-10-7-36(8-11-40)9-18-44-53(54-47-31-66-70-49(47)30-48(62)55(54)63)45(39-14-15-39)29-46-56(44)68-61(80-43-21-27-79-28-22-43)69-58(46)73-25-3-5-42(64)32-73;1-2/h3,5,7-8,10-13,16-17,19-20,23-24,29-31,35,39,42-43,50-52,57,76H,4,6,9,14-15,18,21-22,25-28,32-34,64H2,1-2H3,(H,66,70)(H,67,77);1-2H3. The topological polar surface area (TPSA) is 213 Å². The van der Waals surface area contributed by atoms with Crippen molar-refractivity contribution >= 4 is 62.6 Å². The average Bonchev–Trinajstić information content (AvgIpc) is 2.51. The molecule has 0 bridgehead atoms. The number of halogens is 2. The molecule has 1 aliphatic carbocycles. The van der Waals surface area contributed by atoms with Gasteiger partial charge in [0.1, 0.15) is 30.0 Å². The minimum atomic E-state index is -0.677. The van der Waals surface area contributed by atoms with Gasteiger partial charge in [0, 0.05) is 67.2 Å². The first kappa shape index (κ1) is 56.8. The van der Waals surface area contributed by atoms with Crippen molar-refractivity contribution in [2.24, 2.45) is 22.0 Å². The van der Waals surface area contributed by atoms with E-state index < -0.39 is 18.1 Å². The Morgan fingerprint density at radius 1 is 0.902 bits per heavy atom. The van der Waals surface area contributed by atoms with Gasteiger partial charge in [-0.25, -0.2) is 0 Å². The van der Waals surface area contributed by atoms with E-state index >= 15 is 0 Å². The van der Waals surface area contributed by atoms with Crippen molar-refractivity contribution in [3.63, 3.8) is 0 Å². The zero-order chi connectivity index (χ0) is 57.0. The number of carbonyl (C=O) groups is 2. The molecule has 1 saturated carbocycles. The lowest BCUT2D eigenvalue weighted by molar-refractivity contribution is -0.144. The molecule has 0 spiro atoms. The number of hydrogen-bond donors (Lipinski definition) is 4. The summed E-state index contributed by atoms with van der Waals surface area (Å²) in [4.78, 5) is 47.2. The second kappa shape index (κ2) is 25.2. The van der Waals surface area contributed by atoms with Gasteiger partial charge in [0.15, 0.2) is 0 Å². The number of aromatic nitrogens is 5. The number of likely N-dealkylation sites (tertiary alicyclic amines) is 1. The molecule has 17 nitrogen and oxygen atoms in total. The SMILES string of the molecule is CC.CC(C)C(C(=O)N1CCCC1C(=O)NC(CO)c1ccc(-c2ccncc2)cc1)N1CC(c2ccc(CCc3c(-c4c(Cl)c(Cl)cc5[nH]ncc45)c(C4CC4)cc4c(N5CC=CC(N)C5)nc(OC5CCOCC5)nc34)cc2)N=N1. The number of nitrogens with one attached hydrogen (secondary N) is 2. The summed E-state index contributed by atoms with van der Waals surface area (Å²) >= 11 is 14.3. The molecule has 3 aromatic heterocycles. The van der Waals surface area contributed by atoms with Crippen LogP contribution in [0, 0.1) is 5.92 Å². The van der Waals surface area contributed by atoms with Crippen LogP contribution in [-0.2, 0) is 27.2 Å². The lowest BCUT2D eigenvalue weighted by atomic mass is 9.85. The first-order chi connectivity index (χ1) is 40.0. The first-order valence-electron chi connectivity index (χ1n) is 29.1. The van der Waals surface area contributed by atoms with E-state index in [1.807, 2.05) is 82.4 Å². The molecule has 7 heterocycles. The van der Waals surface area contributed by atoms with Gasteiger partial charge in [0.05, 0.1) is 59.7 Å². The Kier molecular flexibility index (Phi) is 17.5. The maximum atomic E-state index is 14.6. The molecule has 2 amide bonds. The number of carbonyl (C=O) groups excluding carboxylic acids is 2. The van der Waals surface area contributed by atoms with Crippen molar-refractivity contribution < 1.29 is 24.2 Å². The number of pyridine rings is 1. The van der Waals surface area contributed by atoms with Crippen molar-refractivity contribution in [3.05, 3.63) is 141 Å². The number of amides is 2. The third kappa shape index (κ3) is 11.9. The van der Waals surface area contributed by atoms with Gasteiger partial charge in [0.2, 0.25) is 11.8 Å². The van der Waals surface area contributed by atoms with E-state index in [0.29, 0.717) is 87.0 Å². The zero-order valence-corrected chi connectivity index (χ0v) is 48.5. The highest BCUT2D eigenvalue weighted by Crippen LogP contribution is 2.52. The number of nitrogens with two attached hydrogens (primary N) is 1. The Hall–Kier alpha value is -7.02. The molecule has 428 valence electrons. The van der Waals surface area contributed by atoms with Crippen LogP contribution in [0.15, 0.2) is 114 Å². The Morgan fingerprint density at radius 3 is 2.38 bits per heavy atom. The van der Waals surface area contributed by atoms with Gasteiger partial charge in [-0.1, -0.05) is 117 Å². The maximum absolute atomic E-state index is 14.6. The van der Waals surface area contributed by atoms with Crippen molar-refractivity contribution in [2.75, 3.05) is 50.9 Å². The molecule has 5 N–H and O–H groups in total. The number of rotatable bonds is 17. The fourth-order valence-electron chi connectivity index (χ4n) is 12.1. The number of aromatic amines is 1. The molecule has 5 aliphatic rings. The Balaban J connectivity index is 0.00000349. The highest BCUT2D eigenvalue weighted by atomic mass is 35.5. The highest BCUT2D eigenvalue weighted by Gasteiger charge is 2.43. The molecule has 12 rings (SSSR count). The number of benzene rings is 4. The van der Waals surface area contributed by atoms with E-state index in [1.54, 1.807) is 22.3 Å². The van der Waals surface area contributed by atoms with Crippen molar-refractivity contribution in [1.29, 1.82) is 0 Å². The van der Waals surface area contributed by atoms with Crippen LogP contribution in [0.2, 0.25) is 10.0 Å². The summed E-state index contributed by atoms with van der Waals surface area (Å²) in [6.07, 6.45) is 15.4. The van der Waals surface area contributed by atoms with Crippen LogP contribution >= 0.6 is 23.2 Å². The minimum absolute atomic E-state index is 0.0855. The van der Waals surface area contributed by atoms with Crippen LogP contribution in [0.5, 0.6) is 6.01 Å². The summed E-state index contributed by atoms with van der Waals surface area (Å²) in [6, 6.07) is 22.2. The predicted molar refractivity (Wildman–Crippen MR) is 321 cm³/mol. The summed E-state index contributed by atoms with van der Waals surface area (Å²) in [5.74, 6) is 0.528. The molecule has 2 saturated heterocycles. The molecule has 4 aromatic carbocycles. The summed E-state index contributed by atoms with van der Waals surface area (Å²) < 4.78 is 12.4. The number of fused-ring (bicyclic) bond motifs is 2. The smallest absolute Gasteiger partial charge is 0.319 e. The highest BCUT2D eigenvalue weighted by molar-refractivity contribution is 6.45. The van der Waals surface area contributed by atoms with Gasteiger partial charge < -0.3 is 35.4 Å². The maximum Gasteiger partial charge on any atom is 0.319 e. The number of hydrogen-bond acceptors (Lipinski definition) is 14. The number of H-pyrrole nitrogens is 1. The van der Waals surface area contributed by atoms with E-state index in [4.69, 9.17) is 53.5 Å². The number of ether oxygens (including phenoxy) is 2. The Morgan fingerprint density at radius 2 is 1.66 bits per heavy atom. The van der Waals surface area contributed by atoms with E-state index in [0.717, 1.165) is 97.8 Å². The molecule has 3 fully saturated rings. The number of aliphatic hydroxyl groups is 1. The molecule has 4 aliphatic heterocycles. The van der Waals surface area contributed by atoms with Gasteiger partial charge in [-0.2, -0.15) is 20.2 Å². The van der Waals surface area contributed by atoms with Gasteiger partial charge in [0.25, 0.3) is 0 Å². The van der Waals surface area contributed by atoms with Crippen molar-refractivity contribution in [2.45, 2.75) is 121 Å². The molecule has 5 atom stereocenters. The zero-order valence-electron chi connectivity index (χ0n) is 47.0. The van der Waals surface area contributed by atoms with Crippen LogP contribution in [0.4, 0.5) is 5.82 Å². The van der Waals surface area contributed by atoms with Gasteiger partial charge >= 0.3 is 6.01 Å². The summed E-state index contributed by atoms with van der Waals surface area (Å²) in [7, 11) is 0. The molecular weight excluding hydrogens is 1080 g/mol. The van der Waals surface area contributed by atoms with Gasteiger partial charge in [-0.15, -0.1) is 0 Å². The van der Waals surface area contributed by atoms with Gasteiger partial charge in [-0.3, -0.25) is 24.7 Å². The summed E-state index contributed by atoms with van der Waals surface area (Å²) in [5, 5.41) is 34.9. The van der Waals surface area contributed by atoms with E-state index in [-0.39, 0.29) is 42.5 Å². The third-order valence-corrected chi connectivity index (χ3v) is 17.2. The monoisotopic (exact) mass is 1150 g/mol. The Bertz CT molecular complexity index is 3460. The molecule has 82 heavy (non-hydrogen) atoms. The fourth-order valence-corrected chi connectivity index (χ4v) is 12.6. The summed E-state index contributed by atoms with van der Waals surface area (Å²) in [6.45, 7) is 11.1. The molecule has 0 radical (unpaired) electrons. The Labute approximate surface area is 488 Å². The molecule has 7 aromatic rings. The second-order valence-corrected chi connectivity index (χ2v) is 23.0. The van der Waals surface area contributed by atoms with Crippen LogP contribution in [0.1, 0.15) is 112 Å². The predicted octanol–water partition coefficient (Wildman–Crippen LogP) is 11.1. The lowest BCUT2D eigenvalue weighted by Crippen LogP contribution is -2.54. The van der Waals surface area contributed by atoms with Crippen LogP contribution in [-0.4, -0.2) is 122 Å². The molecule has 19 heteroatoms. The first-order valence-corrected chi connectivity index (χ1v) is 29.8. The lowest BCUT2D eigenvalue weighted by Gasteiger charge is -2.34. The van der Waals surface area contributed by atoms with Crippen molar-refractivity contribution in [1.82, 2.24) is 40.4 Å². The van der Waals surface area contributed by atoms with E-state index in [1.165, 1.54) is 5.56 Å². The quantitative estimate of drug-likeness (QED) is 0.0627. The van der Waals surface area contributed by atoms with Crippen molar-refractivity contribution in [3.8, 4) is 28.3 Å². The molecule has 5 unspecified atom stereocenters. The fraction of sp³-hybridized carbons (Fsp3) is 0.429. The second-order valence-electron chi connectivity index (χ2n) is 22.2. The third-order valence-electron chi connectivity index (χ3n) is 16.4. The van der Waals surface area contributed by atoms with Crippen LogP contribution in [0.25, 0.3) is 44.1 Å².